The number of aromatic nitrogens is 2. The number of nitrogens with one attached hydrogen (secondary N) is 1. The average molecular weight is 247 g/mol. The summed E-state index contributed by atoms with van der Waals surface area (Å²) >= 11 is 0. The molecular weight excluding hydrogens is 229 g/mol. The molecule has 1 N–H and O–H groups in total. The van der Waals surface area contributed by atoms with E-state index in [0.29, 0.717) is 0 Å². The Bertz CT molecular complexity index is 534. The third kappa shape index (κ3) is 2.96. The zero-order chi connectivity index (χ0) is 13.1. The van der Waals surface area contributed by atoms with Gasteiger partial charge in [0.2, 0.25) is 0 Å². The molecule has 0 aliphatic heterocycles. The summed E-state index contributed by atoms with van der Waals surface area (Å²) in [4.78, 5) is 0. The van der Waals surface area contributed by atoms with Crippen LogP contribution >= 0.6 is 0 Å². The fourth-order valence-electron chi connectivity index (χ4n) is 1.98. The fraction of sp³-hybridized carbons (Fsp3) is 0.357. The molecule has 3 nitrogen and oxygen atoms in total. The maximum absolute atomic E-state index is 13.1. The summed E-state index contributed by atoms with van der Waals surface area (Å²) in [5.74, 6) is -0.196. The van der Waals surface area contributed by atoms with Gasteiger partial charge in [-0.2, -0.15) is 5.10 Å². The first kappa shape index (κ1) is 12.8. The zero-order valence-electron chi connectivity index (χ0n) is 10.9. The van der Waals surface area contributed by atoms with E-state index in [-0.39, 0.29) is 11.9 Å². The summed E-state index contributed by atoms with van der Waals surface area (Å²) in [5.41, 5.74) is 3.15. The van der Waals surface area contributed by atoms with Gasteiger partial charge in [-0.15, -0.1) is 0 Å². The van der Waals surface area contributed by atoms with Crippen molar-refractivity contribution in [3.8, 4) is 0 Å². The topological polar surface area (TPSA) is 29.9 Å². The van der Waals surface area contributed by atoms with E-state index in [1.54, 1.807) is 16.8 Å². The van der Waals surface area contributed by atoms with Crippen molar-refractivity contribution in [3.05, 3.63) is 53.1 Å². The minimum atomic E-state index is -0.196. The summed E-state index contributed by atoms with van der Waals surface area (Å²) < 4.78 is 14.9. The molecule has 1 aromatic carbocycles. The fourth-order valence-corrected chi connectivity index (χ4v) is 1.98. The summed E-state index contributed by atoms with van der Waals surface area (Å²) in [5, 5.41) is 7.67. The first-order valence-corrected chi connectivity index (χ1v) is 6.04. The number of halogens is 1. The van der Waals surface area contributed by atoms with Crippen LogP contribution in [0.25, 0.3) is 0 Å². The molecule has 0 fully saturated rings. The minimum Gasteiger partial charge on any atom is -0.306 e. The third-order valence-corrected chi connectivity index (χ3v) is 3.06. The second-order valence-electron chi connectivity index (χ2n) is 4.57. The Labute approximate surface area is 107 Å². The van der Waals surface area contributed by atoms with Gasteiger partial charge in [-0.1, -0.05) is 12.1 Å². The van der Waals surface area contributed by atoms with Gasteiger partial charge in [-0.3, -0.25) is 4.68 Å². The van der Waals surface area contributed by atoms with Crippen LogP contribution in [-0.2, 0) is 13.6 Å². The van der Waals surface area contributed by atoms with Gasteiger partial charge in [0.25, 0.3) is 0 Å². The van der Waals surface area contributed by atoms with E-state index in [9.17, 15) is 4.39 Å². The molecule has 96 valence electrons. The van der Waals surface area contributed by atoms with Crippen molar-refractivity contribution in [2.24, 2.45) is 7.05 Å². The van der Waals surface area contributed by atoms with Crippen molar-refractivity contribution < 1.29 is 4.39 Å². The molecule has 18 heavy (non-hydrogen) atoms. The maximum atomic E-state index is 13.1. The molecule has 2 aromatic rings. The SMILES string of the molecule is Cc1nn(C)cc1CN[C@H](C)c1cccc(F)c1. The molecular formula is C14H18FN3. The first-order chi connectivity index (χ1) is 8.56. The molecule has 0 saturated carbocycles. The number of nitrogens with zero attached hydrogens (tertiary/aromatic N) is 2. The highest BCUT2D eigenvalue weighted by Crippen LogP contribution is 2.14. The molecule has 2 rings (SSSR count). The van der Waals surface area contributed by atoms with Crippen LogP contribution in [0.3, 0.4) is 0 Å². The Morgan fingerprint density at radius 2 is 2.22 bits per heavy atom. The smallest absolute Gasteiger partial charge is 0.123 e. The number of benzene rings is 1. The second-order valence-corrected chi connectivity index (χ2v) is 4.57. The zero-order valence-corrected chi connectivity index (χ0v) is 10.9. The summed E-state index contributed by atoms with van der Waals surface area (Å²) in [6, 6.07) is 6.80. The molecule has 1 heterocycles. The summed E-state index contributed by atoms with van der Waals surface area (Å²) in [6.45, 7) is 4.75. The van der Waals surface area contributed by atoms with E-state index in [1.807, 2.05) is 33.2 Å². The van der Waals surface area contributed by atoms with Crippen molar-refractivity contribution in [3.63, 3.8) is 0 Å². The number of rotatable bonds is 4. The molecule has 0 spiro atoms. The molecule has 0 aliphatic carbocycles. The molecule has 0 radical (unpaired) electrons. The highest BCUT2D eigenvalue weighted by Gasteiger charge is 2.08. The molecule has 1 atom stereocenters. The van der Waals surface area contributed by atoms with Crippen LogP contribution in [0.15, 0.2) is 30.5 Å². The van der Waals surface area contributed by atoms with E-state index < -0.39 is 0 Å². The van der Waals surface area contributed by atoms with Crippen LogP contribution in [0.2, 0.25) is 0 Å². The molecule has 0 saturated heterocycles. The van der Waals surface area contributed by atoms with Crippen LogP contribution in [0.1, 0.15) is 29.8 Å². The quantitative estimate of drug-likeness (QED) is 0.900. The molecule has 1 aromatic heterocycles. The second kappa shape index (κ2) is 5.31. The van der Waals surface area contributed by atoms with Gasteiger partial charge in [0.1, 0.15) is 5.82 Å². The Balaban J connectivity index is 2.00. The van der Waals surface area contributed by atoms with Crippen LogP contribution in [0.5, 0.6) is 0 Å². The monoisotopic (exact) mass is 247 g/mol. The van der Waals surface area contributed by atoms with Crippen molar-refractivity contribution in [1.82, 2.24) is 15.1 Å². The Morgan fingerprint density at radius 1 is 1.44 bits per heavy atom. The standard InChI is InChI=1S/C14H18FN3/c1-10(12-5-4-6-14(15)7-12)16-8-13-9-18(3)17-11(13)2/h4-7,9-10,16H,8H2,1-3H3/t10-/m1/s1. The molecule has 0 amide bonds. The Hall–Kier alpha value is -1.68. The van der Waals surface area contributed by atoms with Gasteiger partial charge in [-0.05, 0) is 31.5 Å². The molecule has 0 unspecified atom stereocenters. The maximum Gasteiger partial charge on any atom is 0.123 e. The van der Waals surface area contributed by atoms with Gasteiger partial charge in [-0.25, -0.2) is 4.39 Å². The molecule has 0 bridgehead atoms. The van der Waals surface area contributed by atoms with Gasteiger partial charge < -0.3 is 5.32 Å². The minimum absolute atomic E-state index is 0.111. The van der Waals surface area contributed by atoms with Gasteiger partial charge in [0.15, 0.2) is 0 Å². The van der Waals surface area contributed by atoms with Gasteiger partial charge >= 0.3 is 0 Å². The van der Waals surface area contributed by atoms with E-state index in [2.05, 4.69) is 10.4 Å². The predicted molar refractivity (Wildman–Crippen MR) is 69.6 cm³/mol. The number of hydrogen-bond acceptors (Lipinski definition) is 2. The highest BCUT2D eigenvalue weighted by atomic mass is 19.1. The van der Waals surface area contributed by atoms with E-state index >= 15 is 0 Å². The molecule has 4 heteroatoms. The number of hydrogen-bond donors (Lipinski definition) is 1. The largest absolute Gasteiger partial charge is 0.306 e. The Kier molecular flexibility index (Phi) is 3.77. The summed E-state index contributed by atoms with van der Waals surface area (Å²) in [7, 11) is 1.91. The van der Waals surface area contributed by atoms with Crippen LogP contribution in [-0.4, -0.2) is 9.78 Å². The summed E-state index contributed by atoms with van der Waals surface area (Å²) in [6.07, 6.45) is 2.00. The van der Waals surface area contributed by atoms with E-state index in [1.165, 1.54) is 11.6 Å². The first-order valence-electron chi connectivity index (χ1n) is 6.04. The lowest BCUT2D eigenvalue weighted by molar-refractivity contribution is 0.564. The van der Waals surface area contributed by atoms with Crippen molar-refractivity contribution in [1.29, 1.82) is 0 Å². The van der Waals surface area contributed by atoms with E-state index in [4.69, 9.17) is 0 Å². The lowest BCUT2D eigenvalue weighted by Gasteiger charge is -2.13. The average Bonchev–Trinajstić information content (AvgIpc) is 2.65. The van der Waals surface area contributed by atoms with Crippen molar-refractivity contribution in [2.45, 2.75) is 26.4 Å². The van der Waals surface area contributed by atoms with Gasteiger partial charge in [0, 0.05) is 31.4 Å². The van der Waals surface area contributed by atoms with Gasteiger partial charge in [0.05, 0.1) is 5.69 Å². The van der Waals surface area contributed by atoms with Crippen molar-refractivity contribution >= 4 is 0 Å². The normalized spacial score (nSPS) is 12.7. The van der Waals surface area contributed by atoms with Crippen LogP contribution in [0.4, 0.5) is 4.39 Å². The van der Waals surface area contributed by atoms with Crippen LogP contribution in [0, 0.1) is 12.7 Å². The van der Waals surface area contributed by atoms with Crippen molar-refractivity contribution in [2.75, 3.05) is 0 Å². The lowest BCUT2D eigenvalue weighted by atomic mass is 10.1. The number of aryl methyl sites for hydroxylation is 2. The Morgan fingerprint density at radius 3 is 2.83 bits per heavy atom. The van der Waals surface area contributed by atoms with E-state index in [0.717, 1.165) is 17.8 Å². The third-order valence-electron chi connectivity index (χ3n) is 3.06. The lowest BCUT2D eigenvalue weighted by Crippen LogP contribution is -2.18. The molecule has 0 aliphatic rings. The highest BCUT2D eigenvalue weighted by molar-refractivity contribution is 5.20. The van der Waals surface area contributed by atoms with Crippen LogP contribution < -0.4 is 5.32 Å². The predicted octanol–water partition coefficient (Wildman–Crippen LogP) is 2.72.